The predicted molar refractivity (Wildman–Crippen MR) is 89.1 cm³/mol. The number of rotatable bonds is 4. The van der Waals surface area contributed by atoms with Crippen molar-refractivity contribution in [3.63, 3.8) is 0 Å². The van der Waals surface area contributed by atoms with E-state index in [9.17, 15) is 9.59 Å². The smallest absolute Gasteiger partial charge is 0.362 e. The van der Waals surface area contributed by atoms with Crippen molar-refractivity contribution >= 4 is 22.7 Å². The van der Waals surface area contributed by atoms with Gasteiger partial charge < -0.3 is 9.47 Å². The molecule has 0 spiro atoms. The Morgan fingerprint density at radius 2 is 1.58 bits per heavy atom. The molecule has 0 aliphatic rings. The lowest BCUT2D eigenvalue weighted by molar-refractivity contribution is 0.0519. The summed E-state index contributed by atoms with van der Waals surface area (Å²) in [5.74, 6) is -0.781. The van der Waals surface area contributed by atoms with Crippen molar-refractivity contribution in [1.29, 1.82) is 0 Å². The zero-order valence-corrected chi connectivity index (χ0v) is 13.1. The van der Waals surface area contributed by atoms with E-state index in [4.69, 9.17) is 9.47 Å². The molecule has 0 saturated carbocycles. The van der Waals surface area contributed by atoms with Gasteiger partial charge in [0, 0.05) is 0 Å². The van der Waals surface area contributed by atoms with E-state index >= 15 is 0 Å². The highest BCUT2D eigenvalue weighted by Gasteiger charge is 2.15. The van der Waals surface area contributed by atoms with Crippen LogP contribution in [-0.4, -0.2) is 23.5 Å². The van der Waals surface area contributed by atoms with E-state index < -0.39 is 11.9 Å². The second-order valence-electron chi connectivity index (χ2n) is 5.03. The van der Waals surface area contributed by atoms with Crippen LogP contribution in [-0.2, 0) is 4.74 Å². The maximum Gasteiger partial charge on any atom is 0.362 e. The van der Waals surface area contributed by atoms with Crippen molar-refractivity contribution in [2.45, 2.75) is 6.92 Å². The molecule has 24 heavy (non-hydrogen) atoms. The summed E-state index contributed by atoms with van der Waals surface area (Å²) < 4.78 is 10.2. The molecule has 0 unspecified atom stereocenters. The molecular formula is C19H15NO4. The summed E-state index contributed by atoms with van der Waals surface area (Å²) in [5, 5.41) is 2.02. The van der Waals surface area contributed by atoms with Gasteiger partial charge in [-0.2, -0.15) is 0 Å². The molecule has 0 bridgehead atoms. The molecule has 1 heterocycles. The monoisotopic (exact) mass is 321 g/mol. The number of carbonyl (C=O) groups excluding carboxylic acids is 2. The number of nitrogens with zero attached hydrogens (tertiary/aromatic N) is 1. The number of ether oxygens (including phenoxy) is 2. The first-order valence-corrected chi connectivity index (χ1v) is 7.52. The Labute approximate surface area is 138 Å². The van der Waals surface area contributed by atoms with Gasteiger partial charge >= 0.3 is 11.9 Å². The van der Waals surface area contributed by atoms with Crippen molar-refractivity contribution in [1.82, 2.24) is 4.98 Å². The van der Waals surface area contributed by atoms with Gasteiger partial charge in [0.1, 0.15) is 17.1 Å². The van der Waals surface area contributed by atoms with Crippen LogP contribution >= 0.6 is 0 Å². The predicted octanol–water partition coefficient (Wildman–Crippen LogP) is 3.63. The fraction of sp³-hybridized carbons (Fsp3) is 0.105. The van der Waals surface area contributed by atoms with E-state index in [2.05, 4.69) is 4.98 Å². The lowest BCUT2D eigenvalue weighted by Crippen LogP contribution is -2.14. The second kappa shape index (κ2) is 6.91. The van der Waals surface area contributed by atoms with Gasteiger partial charge in [-0.05, 0) is 42.0 Å². The zero-order chi connectivity index (χ0) is 16.9. The number of benzene rings is 2. The molecule has 2 aromatic carbocycles. The molecule has 3 rings (SSSR count). The van der Waals surface area contributed by atoms with Gasteiger partial charge in [-0.15, -0.1) is 0 Å². The summed E-state index contributed by atoms with van der Waals surface area (Å²) in [6, 6.07) is 17.7. The fourth-order valence-corrected chi connectivity index (χ4v) is 2.26. The molecule has 3 aromatic rings. The van der Waals surface area contributed by atoms with Crippen molar-refractivity contribution in [2.24, 2.45) is 0 Å². The average molecular weight is 321 g/mol. The van der Waals surface area contributed by atoms with E-state index in [1.165, 1.54) is 12.1 Å². The topological polar surface area (TPSA) is 65.5 Å². The average Bonchev–Trinajstić information content (AvgIpc) is 2.62. The van der Waals surface area contributed by atoms with Crippen LogP contribution in [0.4, 0.5) is 0 Å². The van der Waals surface area contributed by atoms with Crippen molar-refractivity contribution in [3.05, 3.63) is 72.1 Å². The van der Waals surface area contributed by atoms with Crippen molar-refractivity contribution < 1.29 is 19.1 Å². The van der Waals surface area contributed by atoms with Gasteiger partial charge in [0.05, 0.1) is 6.61 Å². The third-order valence-corrected chi connectivity index (χ3v) is 3.37. The molecule has 0 fully saturated rings. The Hall–Kier alpha value is -3.21. The Kier molecular flexibility index (Phi) is 4.52. The van der Waals surface area contributed by atoms with Crippen LogP contribution in [0, 0.1) is 0 Å². The summed E-state index contributed by atoms with van der Waals surface area (Å²) in [4.78, 5) is 27.9. The Bertz CT molecular complexity index is 905. The van der Waals surface area contributed by atoms with Crippen LogP contribution in [0.1, 0.15) is 27.9 Å². The van der Waals surface area contributed by atoms with E-state index in [0.29, 0.717) is 5.75 Å². The highest BCUT2D eigenvalue weighted by molar-refractivity contribution is 5.93. The molecule has 0 saturated heterocycles. The number of hydrogen-bond acceptors (Lipinski definition) is 5. The minimum absolute atomic E-state index is 0.0497. The Morgan fingerprint density at radius 3 is 2.33 bits per heavy atom. The zero-order valence-electron chi connectivity index (χ0n) is 13.1. The van der Waals surface area contributed by atoms with Gasteiger partial charge in [0.15, 0.2) is 0 Å². The summed E-state index contributed by atoms with van der Waals surface area (Å²) >= 11 is 0. The van der Waals surface area contributed by atoms with E-state index in [1.54, 1.807) is 25.1 Å². The second-order valence-corrected chi connectivity index (χ2v) is 5.03. The first-order chi connectivity index (χ1) is 11.7. The summed E-state index contributed by atoms with van der Waals surface area (Å²) in [7, 11) is 0. The maximum absolute atomic E-state index is 12.2. The van der Waals surface area contributed by atoms with E-state index in [0.717, 1.165) is 10.8 Å². The molecule has 0 N–H and O–H groups in total. The highest BCUT2D eigenvalue weighted by atomic mass is 16.5. The van der Waals surface area contributed by atoms with Crippen molar-refractivity contribution in [2.75, 3.05) is 6.61 Å². The fourth-order valence-electron chi connectivity index (χ4n) is 2.26. The summed E-state index contributed by atoms with van der Waals surface area (Å²) in [5.41, 5.74) is 0.124. The normalized spacial score (nSPS) is 10.4. The Morgan fingerprint density at radius 1 is 0.875 bits per heavy atom. The molecule has 120 valence electrons. The van der Waals surface area contributed by atoms with Crippen LogP contribution in [0.25, 0.3) is 10.8 Å². The molecule has 0 aliphatic carbocycles. The minimum atomic E-state index is -0.628. The number of pyridine rings is 1. The van der Waals surface area contributed by atoms with Gasteiger partial charge in [0.25, 0.3) is 0 Å². The van der Waals surface area contributed by atoms with Gasteiger partial charge in [-0.25, -0.2) is 14.6 Å². The maximum atomic E-state index is 12.2. The number of aromatic nitrogens is 1. The minimum Gasteiger partial charge on any atom is -0.461 e. The molecule has 1 aromatic heterocycles. The van der Waals surface area contributed by atoms with Gasteiger partial charge in [-0.3, -0.25) is 0 Å². The molecule has 0 radical (unpaired) electrons. The molecule has 0 amide bonds. The number of hydrogen-bond donors (Lipinski definition) is 0. The van der Waals surface area contributed by atoms with Crippen LogP contribution in [0.3, 0.4) is 0 Å². The van der Waals surface area contributed by atoms with Gasteiger partial charge in [0.2, 0.25) is 0 Å². The largest absolute Gasteiger partial charge is 0.461 e. The lowest BCUT2D eigenvalue weighted by Gasteiger charge is -2.06. The molecule has 5 heteroatoms. The third-order valence-electron chi connectivity index (χ3n) is 3.37. The third kappa shape index (κ3) is 3.41. The van der Waals surface area contributed by atoms with Crippen molar-refractivity contribution in [3.8, 4) is 5.75 Å². The summed E-state index contributed by atoms with van der Waals surface area (Å²) in [6.07, 6.45) is 0. The Balaban J connectivity index is 1.81. The first kappa shape index (κ1) is 15.7. The van der Waals surface area contributed by atoms with E-state index in [-0.39, 0.29) is 18.0 Å². The van der Waals surface area contributed by atoms with Crippen LogP contribution in [0.2, 0.25) is 0 Å². The molecule has 5 nitrogen and oxygen atoms in total. The number of esters is 2. The molecule has 0 aliphatic heterocycles. The SMILES string of the molecule is CCOC(=O)c1cccc(C(=O)Oc2ccc3ccccc3c2)n1. The van der Waals surface area contributed by atoms with E-state index in [1.807, 2.05) is 30.3 Å². The first-order valence-electron chi connectivity index (χ1n) is 7.52. The summed E-state index contributed by atoms with van der Waals surface area (Å²) in [6.45, 7) is 1.95. The van der Waals surface area contributed by atoms with Crippen LogP contribution < -0.4 is 4.74 Å². The van der Waals surface area contributed by atoms with Gasteiger partial charge in [-0.1, -0.05) is 36.4 Å². The molecule has 0 atom stereocenters. The number of carbonyl (C=O) groups is 2. The lowest BCUT2D eigenvalue weighted by atomic mass is 10.1. The van der Waals surface area contributed by atoms with Crippen LogP contribution in [0.5, 0.6) is 5.75 Å². The number of fused-ring (bicyclic) bond motifs is 1. The van der Waals surface area contributed by atoms with Crippen LogP contribution in [0.15, 0.2) is 60.7 Å². The molecular weight excluding hydrogens is 306 g/mol. The standard InChI is InChI=1S/C19H15NO4/c1-2-23-18(21)16-8-5-9-17(20-16)19(22)24-15-11-10-13-6-3-4-7-14(13)12-15/h3-12H,2H2,1H3. The quantitative estimate of drug-likeness (QED) is 0.542. The highest BCUT2D eigenvalue weighted by Crippen LogP contribution is 2.21.